The Morgan fingerprint density at radius 2 is 1.67 bits per heavy atom. The van der Waals surface area contributed by atoms with Gasteiger partial charge in [0.25, 0.3) is 0 Å². The van der Waals surface area contributed by atoms with E-state index in [1.54, 1.807) is 0 Å². The highest BCUT2D eigenvalue weighted by Crippen LogP contribution is 2.19. The molecule has 0 fully saturated rings. The average Bonchev–Trinajstić information content (AvgIpc) is 2.50. The largest absolute Gasteiger partial charge is 0.385 e. The van der Waals surface area contributed by atoms with E-state index in [4.69, 9.17) is 0 Å². The normalized spacial score (nSPS) is 12.1. The van der Waals surface area contributed by atoms with Crippen molar-refractivity contribution in [1.82, 2.24) is 0 Å². The average molecular weight is 285 g/mol. The Balaban J connectivity index is 1.79. The summed E-state index contributed by atoms with van der Waals surface area (Å²) in [5, 5.41) is 3.45. The number of nitrogens with one attached hydrogen (secondary N) is 1. The van der Waals surface area contributed by atoms with E-state index >= 15 is 0 Å². The van der Waals surface area contributed by atoms with Crippen LogP contribution in [0.15, 0.2) is 48.5 Å². The van der Waals surface area contributed by atoms with Crippen LogP contribution in [0.4, 0.5) is 10.1 Å². The Morgan fingerprint density at radius 3 is 2.29 bits per heavy atom. The molecule has 1 atom stereocenters. The highest BCUT2D eigenvalue weighted by molar-refractivity contribution is 5.44. The molecule has 1 unspecified atom stereocenters. The molecule has 0 aliphatic rings. The molecule has 1 nitrogen and oxygen atoms in total. The predicted molar refractivity (Wildman–Crippen MR) is 88.4 cm³/mol. The second-order valence-electron chi connectivity index (χ2n) is 5.61. The Labute approximate surface area is 127 Å². The SMILES string of the molecule is CCCc1ccc(NCCC(C)c2ccc(F)cc2)cc1. The smallest absolute Gasteiger partial charge is 0.123 e. The standard InChI is InChI=1S/C19H24FN/c1-3-4-16-5-11-19(12-6-16)21-14-13-15(2)17-7-9-18(20)10-8-17/h5-12,15,21H,3-4,13-14H2,1-2H3. The molecule has 0 saturated carbocycles. The zero-order valence-electron chi connectivity index (χ0n) is 12.9. The van der Waals surface area contributed by atoms with Gasteiger partial charge < -0.3 is 5.32 Å². The molecule has 0 saturated heterocycles. The number of aryl methyl sites for hydroxylation is 1. The summed E-state index contributed by atoms with van der Waals surface area (Å²) in [5.41, 5.74) is 3.75. The quantitative estimate of drug-likeness (QED) is 0.719. The van der Waals surface area contributed by atoms with Crippen molar-refractivity contribution in [3.05, 3.63) is 65.5 Å². The van der Waals surface area contributed by atoms with Crippen LogP contribution in [0.1, 0.15) is 43.7 Å². The molecule has 2 aromatic carbocycles. The zero-order valence-corrected chi connectivity index (χ0v) is 12.9. The van der Waals surface area contributed by atoms with Gasteiger partial charge in [-0.1, -0.05) is 44.5 Å². The third-order valence-electron chi connectivity index (χ3n) is 3.84. The summed E-state index contributed by atoms with van der Waals surface area (Å²) in [6, 6.07) is 15.5. The van der Waals surface area contributed by atoms with Crippen LogP contribution in [-0.2, 0) is 6.42 Å². The lowest BCUT2D eigenvalue weighted by Gasteiger charge is -2.13. The highest BCUT2D eigenvalue weighted by atomic mass is 19.1. The van der Waals surface area contributed by atoms with Crippen molar-refractivity contribution in [3.63, 3.8) is 0 Å². The highest BCUT2D eigenvalue weighted by Gasteiger charge is 2.05. The molecule has 21 heavy (non-hydrogen) atoms. The number of rotatable bonds is 7. The first-order chi connectivity index (χ1) is 10.2. The van der Waals surface area contributed by atoms with Crippen molar-refractivity contribution >= 4 is 5.69 Å². The number of hydrogen-bond donors (Lipinski definition) is 1. The molecule has 0 aliphatic heterocycles. The summed E-state index contributed by atoms with van der Waals surface area (Å²) < 4.78 is 12.9. The minimum Gasteiger partial charge on any atom is -0.385 e. The van der Waals surface area contributed by atoms with Gasteiger partial charge >= 0.3 is 0 Å². The maximum absolute atomic E-state index is 12.9. The Hall–Kier alpha value is -1.83. The van der Waals surface area contributed by atoms with Gasteiger partial charge in [0.05, 0.1) is 0 Å². The molecule has 0 bridgehead atoms. The molecule has 0 amide bonds. The van der Waals surface area contributed by atoms with E-state index in [1.165, 1.54) is 35.4 Å². The van der Waals surface area contributed by atoms with E-state index in [0.29, 0.717) is 5.92 Å². The molecule has 0 radical (unpaired) electrons. The van der Waals surface area contributed by atoms with Gasteiger partial charge in [-0.15, -0.1) is 0 Å². The minimum atomic E-state index is -0.170. The molecule has 2 rings (SSSR count). The van der Waals surface area contributed by atoms with Crippen molar-refractivity contribution in [2.45, 2.75) is 39.0 Å². The maximum atomic E-state index is 12.9. The van der Waals surface area contributed by atoms with E-state index in [1.807, 2.05) is 12.1 Å². The van der Waals surface area contributed by atoms with Crippen molar-refractivity contribution in [2.75, 3.05) is 11.9 Å². The molecule has 0 heterocycles. The molecule has 2 aromatic rings. The summed E-state index contributed by atoms with van der Waals surface area (Å²) in [6.07, 6.45) is 3.35. The lowest BCUT2D eigenvalue weighted by atomic mass is 9.98. The summed E-state index contributed by atoms with van der Waals surface area (Å²) in [6.45, 7) is 5.30. The molecule has 2 heteroatoms. The van der Waals surface area contributed by atoms with Crippen molar-refractivity contribution in [2.24, 2.45) is 0 Å². The Morgan fingerprint density at radius 1 is 1.00 bits per heavy atom. The van der Waals surface area contributed by atoms with Crippen LogP contribution in [0.2, 0.25) is 0 Å². The van der Waals surface area contributed by atoms with E-state index in [9.17, 15) is 4.39 Å². The number of benzene rings is 2. The van der Waals surface area contributed by atoms with Crippen LogP contribution < -0.4 is 5.32 Å². The number of halogens is 1. The van der Waals surface area contributed by atoms with E-state index in [0.717, 1.165) is 19.4 Å². The van der Waals surface area contributed by atoms with Crippen LogP contribution in [0, 0.1) is 5.82 Å². The maximum Gasteiger partial charge on any atom is 0.123 e. The van der Waals surface area contributed by atoms with Gasteiger partial charge in [0.2, 0.25) is 0 Å². The van der Waals surface area contributed by atoms with Crippen LogP contribution in [0.3, 0.4) is 0 Å². The van der Waals surface area contributed by atoms with Crippen molar-refractivity contribution < 1.29 is 4.39 Å². The van der Waals surface area contributed by atoms with Crippen LogP contribution in [0.5, 0.6) is 0 Å². The second kappa shape index (κ2) is 7.82. The zero-order chi connectivity index (χ0) is 15.1. The van der Waals surface area contributed by atoms with Gasteiger partial charge in [-0.2, -0.15) is 0 Å². The predicted octanol–water partition coefficient (Wildman–Crippen LogP) is 5.38. The van der Waals surface area contributed by atoms with Crippen molar-refractivity contribution in [3.8, 4) is 0 Å². The van der Waals surface area contributed by atoms with Crippen LogP contribution in [-0.4, -0.2) is 6.54 Å². The minimum absolute atomic E-state index is 0.170. The fourth-order valence-corrected chi connectivity index (χ4v) is 2.47. The van der Waals surface area contributed by atoms with Crippen LogP contribution >= 0.6 is 0 Å². The summed E-state index contributed by atoms with van der Waals surface area (Å²) in [5.74, 6) is 0.258. The lowest BCUT2D eigenvalue weighted by molar-refractivity contribution is 0.624. The fraction of sp³-hybridized carbons (Fsp3) is 0.368. The van der Waals surface area contributed by atoms with E-state index < -0.39 is 0 Å². The Bertz CT molecular complexity index is 530. The molecular weight excluding hydrogens is 261 g/mol. The van der Waals surface area contributed by atoms with Gasteiger partial charge in [0.1, 0.15) is 5.82 Å². The molecule has 0 aliphatic carbocycles. The van der Waals surface area contributed by atoms with E-state index in [2.05, 4.69) is 43.4 Å². The molecule has 1 N–H and O–H groups in total. The molecule has 0 aromatic heterocycles. The monoisotopic (exact) mass is 285 g/mol. The molecule has 112 valence electrons. The van der Waals surface area contributed by atoms with Gasteiger partial charge in [0.15, 0.2) is 0 Å². The van der Waals surface area contributed by atoms with Gasteiger partial charge in [0, 0.05) is 12.2 Å². The van der Waals surface area contributed by atoms with Gasteiger partial charge in [-0.25, -0.2) is 4.39 Å². The lowest BCUT2D eigenvalue weighted by Crippen LogP contribution is -2.06. The number of anilines is 1. The van der Waals surface area contributed by atoms with Gasteiger partial charge in [-0.3, -0.25) is 0 Å². The first-order valence-electron chi connectivity index (χ1n) is 7.77. The summed E-state index contributed by atoms with van der Waals surface area (Å²) in [4.78, 5) is 0. The third-order valence-corrected chi connectivity index (χ3v) is 3.84. The molecular formula is C19H24FN. The molecule has 0 spiro atoms. The first kappa shape index (κ1) is 15.6. The second-order valence-corrected chi connectivity index (χ2v) is 5.61. The topological polar surface area (TPSA) is 12.0 Å². The summed E-state index contributed by atoms with van der Waals surface area (Å²) in [7, 11) is 0. The Kier molecular flexibility index (Phi) is 5.79. The van der Waals surface area contributed by atoms with Crippen molar-refractivity contribution in [1.29, 1.82) is 0 Å². The first-order valence-corrected chi connectivity index (χ1v) is 7.77. The van der Waals surface area contributed by atoms with E-state index in [-0.39, 0.29) is 5.82 Å². The number of hydrogen-bond acceptors (Lipinski definition) is 1. The fourth-order valence-electron chi connectivity index (χ4n) is 2.47. The van der Waals surface area contributed by atoms with Gasteiger partial charge in [-0.05, 0) is 54.2 Å². The summed E-state index contributed by atoms with van der Waals surface area (Å²) >= 11 is 0. The van der Waals surface area contributed by atoms with Crippen LogP contribution in [0.25, 0.3) is 0 Å². The third kappa shape index (κ3) is 4.89.